The van der Waals surface area contributed by atoms with E-state index in [0.717, 1.165) is 38.5 Å². The molecule has 6 atom stereocenters. The molecule has 8 nitrogen and oxygen atoms in total. The van der Waals surface area contributed by atoms with E-state index in [9.17, 15) is 9.46 Å². The summed E-state index contributed by atoms with van der Waals surface area (Å²) in [5.41, 5.74) is -0.586. The minimum absolute atomic E-state index is 0.140. The highest BCUT2D eigenvalue weighted by Gasteiger charge is 2.31. The average molecular weight is 655 g/mol. The zero-order chi connectivity index (χ0) is 33.0. The number of allylic oxidation sites excluding steroid dienone is 4. The lowest BCUT2D eigenvalue weighted by molar-refractivity contribution is -0.0887. The molecule has 0 aromatic rings. The van der Waals surface area contributed by atoms with Crippen LogP contribution in [0.2, 0.25) is 0 Å². The van der Waals surface area contributed by atoms with Crippen LogP contribution in [-0.4, -0.2) is 66.9 Å². The lowest BCUT2D eigenvalue weighted by Crippen LogP contribution is -2.35. The Kier molecular flexibility index (Phi) is 19.3. The van der Waals surface area contributed by atoms with Crippen LogP contribution in [0.5, 0.6) is 0 Å². The van der Waals surface area contributed by atoms with E-state index in [2.05, 4.69) is 62.5 Å². The van der Waals surface area contributed by atoms with Gasteiger partial charge in [0.2, 0.25) is 0 Å². The molecule has 0 aromatic carbocycles. The lowest BCUT2D eigenvalue weighted by atomic mass is 9.89. The van der Waals surface area contributed by atoms with Crippen LogP contribution >= 0.6 is 7.82 Å². The molecule has 0 spiro atoms. The van der Waals surface area contributed by atoms with Gasteiger partial charge in [-0.25, -0.2) is 4.57 Å². The molecule has 9 heteroatoms. The fourth-order valence-corrected chi connectivity index (χ4v) is 6.61. The Morgan fingerprint density at radius 3 is 1.40 bits per heavy atom. The molecule has 0 aromatic heterocycles. The first-order chi connectivity index (χ1) is 21.5. The van der Waals surface area contributed by atoms with Crippen molar-refractivity contribution in [3.63, 3.8) is 0 Å². The van der Waals surface area contributed by atoms with Crippen molar-refractivity contribution in [2.45, 2.75) is 154 Å². The van der Waals surface area contributed by atoms with Crippen molar-refractivity contribution < 1.29 is 37.5 Å². The molecule has 2 rings (SSSR count). The Labute approximate surface area is 274 Å². The SMILES string of the molecule is CCCCCCC1(OCC(C)OCC(C)OP(=O)(O)OC(C)COC(C)COC2(CCCCCC)C=CC=CC2)C=CC=CC1. The number of hydrogen-bond donors (Lipinski definition) is 1. The smallest absolute Gasteiger partial charge is 0.373 e. The predicted octanol–water partition coefficient (Wildman–Crippen LogP) is 9.19. The molecule has 2 aliphatic carbocycles. The van der Waals surface area contributed by atoms with E-state index in [-0.39, 0.29) is 36.6 Å². The number of unbranched alkanes of at least 4 members (excludes halogenated alkanes) is 6. The van der Waals surface area contributed by atoms with Crippen molar-refractivity contribution in [2.75, 3.05) is 26.4 Å². The maximum absolute atomic E-state index is 12.7. The van der Waals surface area contributed by atoms with Crippen LogP contribution in [-0.2, 0) is 32.6 Å². The molecule has 0 aliphatic heterocycles. The van der Waals surface area contributed by atoms with Crippen molar-refractivity contribution >= 4 is 7.82 Å². The second-order valence-corrected chi connectivity index (χ2v) is 14.3. The number of rotatable bonds is 26. The summed E-state index contributed by atoms with van der Waals surface area (Å²) < 4.78 is 48.0. The van der Waals surface area contributed by atoms with Gasteiger partial charge in [0, 0.05) is 0 Å². The summed E-state index contributed by atoms with van der Waals surface area (Å²) >= 11 is 0. The molecule has 1 N–H and O–H groups in total. The normalized spacial score (nSPS) is 25.2. The van der Waals surface area contributed by atoms with E-state index < -0.39 is 20.0 Å². The fourth-order valence-electron chi connectivity index (χ4n) is 5.52. The second-order valence-electron chi connectivity index (χ2n) is 12.9. The molecule has 45 heavy (non-hydrogen) atoms. The quantitative estimate of drug-likeness (QED) is 0.0729. The summed E-state index contributed by atoms with van der Waals surface area (Å²) in [5, 5.41) is 0. The van der Waals surface area contributed by atoms with E-state index >= 15 is 0 Å². The van der Waals surface area contributed by atoms with Crippen LogP contribution < -0.4 is 0 Å². The largest absolute Gasteiger partial charge is 0.472 e. The molecule has 0 fully saturated rings. The van der Waals surface area contributed by atoms with Crippen LogP contribution in [0, 0.1) is 0 Å². The third kappa shape index (κ3) is 17.0. The van der Waals surface area contributed by atoms with Gasteiger partial charge in [-0.15, -0.1) is 0 Å². The fraction of sp³-hybridized carbons (Fsp3) is 0.778. The number of ether oxygens (including phenoxy) is 4. The maximum atomic E-state index is 12.7. The molecule has 2 aliphatic rings. The summed E-state index contributed by atoms with van der Waals surface area (Å²) in [6.45, 7) is 12.8. The molecule has 260 valence electrons. The van der Waals surface area contributed by atoms with Crippen LogP contribution in [0.25, 0.3) is 0 Å². The van der Waals surface area contributed by atoms with Gasteiger partial charge in [-0.1, -0.05) is 114 Å². The van der Waals surface area contributed by atoms with E-state index in [4.69, 9.17) is 28.0 Å². The number of phosphoric acid groups is 1. The Hall–Kier alpha value is -1.09. The molecule has 0 heterocycles. The average Bonchev–Trinajstić information content (AvgIpc) is 3.02. The van der Waals surface area contributed by atoms with Gasteiger partial charge in [-0.2, -0.15) is 0 Å². The summed E-state index contributed by atoms with van der Waals surface area (Å²) in [6.07, 6.45) is 28.4. The van der Waals surface area contributed by atoms with Gasteiger partial charge in [0.25, 0.3) is 0 Å². The van der Waals surface area contributed by atoms with Gasteiger partial charge in [0.1, 0.15) is 0 Å². The van der Waals surface area contributed by atoms with Gasteiger partial charge >= 0.3 is 7.82 Å². The highest BCUT2D eigenvalue weighted by molar-refractivity contribution is 7.47. The zero-order valence-corrected chi connectivity index (χ0v) is 29.9. The highest BCUT2D eigenvalue weighted by Crippen LogP contribution is 2.46. The summed E-state index contributed by atoms with van der Waals surface area (Å²) in [7, 11) is -4.31. The molecule has 0 saturated heterocycles. The van der Waals surface area contributed by atoms with Gasteiger partial charge in [-0.3, -0.25) is 9.05 Å². The molecule has 0 radical (unpaired) electrons. The molecule has 6 unspecified atom stereocenters. The van der Waals surface area contributed by atoms with Crippen molar-refractivity contribution in [1.82, 2.24) is 0 Å². The predicted molar refractivity (Wildman–Crippen MR) is 182 cm³/mol. The van der Waals surface area contributed by atoms with E-state index in [1.165, 1.54) is 38.5 Å². The molecular weight excluding hydrogens is 591 g/mol. The first-order valence-corrected chi connectivity index (χ1v) is 18.9. The molecular formula is C36H63O8P. The minimum Gasteiger partial charge on any atom is -0.373 e. The van der Waals surface area contributed by atoms with Crippen molar-refractivity contribution in [3.8, 4) is 0 Å². The maximum Gasteiger partial charge on any atom is 0.472 e. The topological polar surface area (TPSA) is 92.7 Å². The monoisotopic (exact) mass is 654 g/mol. The van der Waals surface area contributed by atoms with Gasteiger partial charge in [0.15, 0.2) is 0 Å². The van der Waals surface area contributed by atoms with Crippen LogP contribution in [0.1, 0.15) is 119 Å². The third-order valence-electron chi connectivity index (χ3n) is 8.20. The van der Waals surface area contributed by atoms with Crippen molar-refractivity contribution in [1.29, 1.82) is 0 Å². The number of phosphoric ester groups is 1. The Morgan fingerprint density at radius 1 is 0.622 bits per heavy atom. The van der Waals surface area contributed by atoms with E-state index in [1.54, 1.807) is 13.8 Å². The zero-order valence-electron chi connectivity index (χ0n) is 29.0. The highest BCUT2D eigenvalue weighted by atomic mass is 31.2. The first-order valence-electron chi connectivity index (χ1n) is 17.4. The molecule has 0 bridgehead atoms. The van der Waals surface area contributed by atoms with Crippen LogP contribution in [0.4, 0.5) is 0 Å². The van der Waals surface area contributed by atoms with Gasteiger partial charge < -0.3 is 23.8 Å². The summed E-state index contributed by atoms with van der Waals surface area (Å²) in [5.74, 6) is 0. The van der Waals surface area contributed by atoms with Gasteiger partial charge in [0.05, 0.1) is 62.0 Å². The van der Waals surface area contributed by atoms with Crippen LogP contribution in [0.15, 0.2) is 48.6 Å². The molecule has 0 saturated carbocycles. The third-order valence-corrected chi connectivity index (χ3v) is 9.45. The second kappa shape index (κ2) is 21.7. The Morgan fingerprint density at radius 2 is 1.04 bits per heavy atom. The van der Waals surface area contributed by atoms with E-state index in [1.807, 2.05) is 13.8 Å². The van der Waals surface area contributed by atoms with Crippen LogP contribution in [0.3, 0.4) is 0 Å². The number of hydrogen-bond acceptors (Lipinski definition) is 7. The molecule has 0 amide bonds. The van der Waals surface area contributed by atoms with Gasteiger partial charge in [-0.05, 0) is 53.4 Å². The summed E-state index contributed by atoms with van der Waals surface area (Å²) in [6, 6.07) is 0. The minimum atomic E-state index is -4.31. The summed E-state index contributed by atoms with van der Waals surface area (Å²) in [4.78, 5) is 10.4. The van der Waals surface area contributed by atoms with E-state index in [0.29, 0.717) is 13.2 Å². The lowest BCUT2D eigenvalue weighted by Gasteiger charge is -2.33. The standard InChI is InChI=1S/C36H63O8P/c1-7-9-11-15-21-35(23-17-13-18-24-35)41-29-31(3)39-27-33(5)43-45(37,38)44-34(6)28-40-32(4)30-42-36(22-16-12-10-8-2)25-19-14-20-26-36/h13-14,17-20,23,25,31-34H,7-12,15-16,21-22,24,26-30H2,1-6H3,(H,37,38). The van der Waals surface area contributed by atoms with Crippen molar-refractivity contribution in [3.05, 3.63) is 48.6 Å². The van der Waals surface area contributed by atoms with Crippen molar-refractivity contribution in [2.24, 2.45) is 0 Å². The Bertz CT molecular complexity index is 893. The first kappa shape index (κ1) is 40.1. The Balaban J connectivity index is 1.68.